The normalized spacial score (nSPS) is 10.6. The maximum Gasteiger partial charge on any atom is 0.336 e. The second-order valence-electron chi connectivity index (χ2n) is 3.30. The van der Waals surface area contributed by atoms with E-state index in [1.54, 1.807) is 4.98 Å². The van der Waals surface area contributed by atoms with E-state index in [0.29, 0.717) is 4.57 Å². The van der Waals surface area contributed by atoms with Gasteiger partial charge in [0.15, 0.2) is 0 Å². The van der Waals surface area contributed by atoms with Crippen LogP contribution >= 0.6 is 23.2 Å². The van der Waals surface area contributed by atoms with Gasteiger partial charge >= 0.3 is 5.69 Å². The molecule has 1 heterocycles. The standard InChI is InChI=1S/C10H5Cl2FN2O3/c11-4-2-1-3-5(12)7(4)15-9(17)6(13)8(16)14-10(15)18/h1-3,17H,(H,14,16,18). The number of aromatic hydroxyl groups is 1. The molecule has 0 saturated heterocycles. The second kappa shape index (κ2) is 4.47. The SMILES string of the molecule is O=c1[nH]c(=O)n(-c2c(Cl)cccc2Cl)c(O)c1F. The highest BCUT2D eigenvalue weighted by molar-refractivity contribution is 6.37. The Hall–Kier alpha value is -1.79. The minimum absolute atomic E-state index is 0.0198. The molecule has 1 aromatic carbocycles. The molecule has 94 valence electrons. The summed E-state index contributed by atoms with van der Waals surface area (Å²) in [7, 11) is 0. The maximum absolute atomic E-state index is 13.3. The van der Waals surface area contributed by atoms with Gasteiger partial charge in [0.2, 0.25) is 11.7 Å². The maximum atomic E-state index is 13.3. The fourth-order valence-corrected chi connectivity index (χ4v) is 1.98. The summed E-state index contributed by atoms with van der Waals surface area (Å²) in [4.78, 5) is 24.2. The number of hydrogen-bond donors (Lipinski definition) is 2. The number of hydrogen-bond acceptors (Lipinski definition) is 3. The van der Waals surface area contributed by atoms with Crippen LogP contribution in [0, 0.1) is 5.82 Å². The van der Waals surface area contributed by atoms with Gasteiger partial charge in [0.1, 0.15) is 0 Å². The molecule has 0 aliphatic rings. The van der Waals surface area contributed by atoms with Crippen LogP contribution in [-0.2, 0) is 0 Å². The molecular formula is C10H5Cl2FN2O3. The van der Waals surface area contributed by atoms with Crippen molar-refractivity contribution in [1.29, 1.82) is 0 Å². The monoisotopic (exact) mass is 290 g/mol. The zero-order valence-corrected chi connectivity index (χ0v) is 10.1. The number of aromatic nitrogens is 2. The Morgan fingerprint density at radius 1 is 1.22 bits per heavy atom. The number of nitrogens with zero attached hydrogens (tertiary/aromatic N) is 1. The van der Waals surface area contributed by atoms with E-state index < -0.39 is 22.9 Å². The van der Waals surface area contributed by atoms with Crippen molar-refractivity contribution in [2.45, 2.75) is 0 Å². The van der Waals surface area contributed by atoms with Gasteiger partial charge in [0, 0.05) is 0 Å². The molecule has 0 aliphatic carbocycles. The smallest absolute Gasteiger partial charge is 0.336 e. The van der Waals surface area contributed by atoms with Crippen molar-refractivity contribution in [3.8, 4) is 11.6 Å². The molecule has 0 amide bonds. The molecule has 1 aromatic heterocycles. The molecule has 0 fully saturated rings. The molecule has 0 saturated carbocycles. The molecule has 2 N–H and O–H groups in total. The van der Waals surface area contributed by atoms with Crippen LogP contribution in [0.5, 0.6) is 5.88 Å². The third-order valence-corrected chi connectivity index (χ3v) is 2.80. The molecule has 0 aliphatic heterocycles. The molecule has 8 heteroatoms. The van der Waals surface area contributed by atoms with Crippen molar-refractivity contribution in [3.05, 3.63) is 54.9 Å². The molecule has 0 spiro atoms. The van der Waals surface area contributed by atoms with Gasteiger partial charge in [-0.2, -0.15) is 4.39 Å². The van der Waals surface area contributed by atoms with E-state index in [0.717, 1.165) is 0 Å². The number of para-hydroxylation sites is 1. The number of rotatable bonds is 1. The zero-order valence-electron chi connectivity index (χ0n) is 8.58. The Kier molecular flexibility index (Phi) is 3.14. The summed E-state index contributed by atoms with van der Waals surface area (Å²) < 4.78 is 13.8. The minimum atomic E-state index is -1.49. The molecular weight excluding hydrogens is 286 g/mol. The van der Waals surface area contributed by atoms with Crippen LogP contribution in [-0.4, -0.2) is 14.7 Å². The molecule has 0 unspecified atom stereocenters. The topological polar surface area (TPSA) is 75.1 Å². The summed E-state index contributed by atoms with van der Waals surface area (Å²) >= 11 is 11.7. The fourth-order valence-electron chi connectivity index (χ4n) is 1.41. The third-order valence-electron chi connectivity index (χ3n) is 2.19. The third kappa shape index (κ3) is 1.89. The summed E-state index contributed by atoms with van der Waals surface area (Å²) in [5.74, 6) is -2.65. The molecule has 18 heavy (non-hydrogen) atoms. The molecule has 2 aromatic rings. The van der Waals surface area contributed by atoms with Crippen LogP contribution < -0.4 is 11.2 Å². The van der Waals surface area contributed by atoms with E-state index in [9.17, 15) is 19.1 Å². The van der Waals surface area contributed by atoms with Crippen LogP contribution in [0.3, 0.4) is 0 Å². The van der Waals surface area contributed by atoms with E-state index in [1.807, 2.05) is 0 Å². The van der Waals surface area contributed by atoms with Crippen LogP contribution in [0.4, 0.5) is 4.39 Å². The van der Waals surface area contributed by atoms with Crippen molar-refractivity contribution < 1.29 is 9.50 Å². The Morgan fingerprint density at radius 3 is 2.33 bits per heavy atom. The lowest BCUT2D eigenvalue weighted by Gasteiger charge is -2.11. The second-order valence-corrected chi connectivity index (χ2v) is 4.12. The van der Waals surface area contributed by atoms with Gasteiger partial charge in [-0.3, -0.25) is 9.78 Å². The van der Waals surface area contributed by atoms with Crippen molar-refractivity contribution in [2.75, 3.05) is 0 Å². The van der Waals surface area contributed by atoms with Gasteiger partial charge < -0.3 is 5.11 Å². The van der Waals surface area contributed by atoms with Gasteiger partial charge in [-0.05, 0) is 12.1 Å². The Morgan fingerprint density at radius 2 is 1.78 bits per heavy atom. The van der Waals surface area contributed by atoms with Crippen molar-refractivity contribution in [2.24, 2.45) is 0 Å². The largest absolute Gasteiger partial charge is 0.492 e. The molecule has 0 bridgehead atoms. The summed E-state index contributed by atoms with van der Waals surface area (Å²) in [5.41, 5.74) is -2.48. The number of H-pyrrole nitrogens is 1. The summed E-state index contributed by atoms with van der Waals surface area (Å²) in [6, 6.07) is 4.31. The highest BCUT2D eigenvalue weighted by Crippen LogP contribution is 2.29. The van der Waals surface area contributed by atoms with Crippen molar-refractivity contribution >= 4 is 23.2 Å². The molecule has 2 rings (SSSR count). The Bertz CT molecular complexity index is 719. The van der Waals surface area contributed by atoms with Crippen LogP contribution in [0.25, 0.3) is 5.69 Å². The van der Waals surface area contributed by atoms with Crippen LogP contribution in [0.2, 0.25) is 10.0 Å². The van der Waals surface area contributed by atoms with Gasteiger partial charge in [-0.1, -0.05) is 29.3 Å². The molecule has 0 atom stereocenters. The van der Waals surface area contributed by atoms with Crippen LogP contribution in [0.1, 0.15) is 0 Å². The number of benzene rings is 1. The first-order chi connectivity index (χ1) is 8.43. The molecule has 5 nitrogen and oxygen atoms in total. The predicted molar refractivity (Wildman–Crippen MR) is 64.3 cm³/mol. The number of nitrogens with one attached hydrogen (secondary N) is 1. The van der Waals surface area contributed by atoms with E-state index in [1.165, 1.54) is 18.2 Å². The van der Waals surface area contributed by atoms with E-state index in [-0.39, 0.29) is 15.7 Å². The van der Waals surface area contributed by atoms with E-state index in [2.05, 4.69) is 0 Å². The lowest BCUT2D eigenvalue weighted by atomic mass is 10.3. The predicted octanol–water partition coefficient (Wildman–Crippen LogP) is 1.68. The highest BCUT2D eigenvalue weighted by atomic mass is 35.5. The molecule has 0 radical (unpaired) electrons. The van der Waals surface area contributed by atoms with Gasteiger partial charge in [0.25, 0.3) is 5.56 Å². The number of halogens is 3. The quantitative estimate of drug-likeness (QED) is 0.839. The first kappa shape index (κ1) is 12.7. The van der Waals surface area contributed by atoms with Gasteiger partial charge in [-0.25, -0.2) is 9.36 Å². The average molecular weight is 291 g/mol. The summed E-state index contributed by atoms with van der Waals surface area (Å²) in [6.45, 7) is 0. The first-order valence-electron chi connectivity index (χ1n) is 4.61. The van der Waals surface area contributed by atoms with Crippen molar-refractivity contribution in [1.82, 2.24) is 9.55 Å². The lowest BCUT2D eigenvalue weighted by Crippen LogP contribution is -2.31. The Labute approximate surface area is 109 Å². The Balaban J connectivity index is 2.93. The fraction of sp³-hybridized carbons (Fsp3) is 0. The summed E-state index contributed by atoms with van der Waals surface area (Å²) in [5, 5.41) is 9.55. The van der Waals surface area contributed by atoms with E-state index >= 15 is 0 Å². The highest BCUT2D eigenvalue weighted by Gasteiger charge is 2.18. The van der Waals surface area contributed by atoms with Gasteiger partial charge in [0.05, 0.1) is 15.7 Å². The summed E-state index contributed by atoms with van der Waals surface area (Å²) in [6.07, 6.45) is 0. The first-order valence-corrected chi connectivity index (χ1v) is 5.37. The van der Waals surface area contributed by atoms with Gasteiger partial charge in [-0.15, -0.1) is 0 Å². The minimum Gasteiger partial charge on any atom is -0.492 e. The van der Waals surface area contributed by atoms with Crippen LogP contribution in [0.15, 0.2) is 27.8 Å². The average Bonchev–Trinajstić information content (AvgIpc) is 2.30. The van der Waals surface area contributed by atoms with Crippen molar-refractivity contribution in [3.63, 3.8) is 0 Å². The van der Waals surface area contributed by atoms with E-state index in [4.69, 9.17) is 23.2 Å². The number of aromatic amines is 1. The lowest BCUT2D eigenvalue weighted by molar-refractivity contribution is 0.386. The zero-order chi connectivity index (χ0) is 13.4.